The molecule has 3 nitrogen and oxygen atoms in total. The third-order valence-corrected chi connectivity index (χ3v) is 3.01. The lowest BCUT2D eigenvalue weighted by Crippen LogP contribution is -2.27. The molecule has 0 bridgehead atoms. The quantitative estimate of drug-likeness (QED) is 0.701. The number of ketones is 1. The molecule has 1 heterocycles. The highest BCUT2D eigenvalue weighted by molar-refractivity contribution is 5.79. The lowest BCUT2D eigenvalue weighted by atomic mass is 9.94. The predicted molar refractivity (Wildman–Crippen MR) is 58.0 cm³/mol. The van der Waals surface area contributed by atoms with Gasteiger partial charge in [-0.25, -0.2) is 0 Å². The Morgan fingerprint density at radius 2 is 1.93 bits per heavy atom. The van der Waals surface area contributed by atoms with Crippen molar-refractivity contribution in [2.75, 3.05) is 0 Å². The van der Waals surface area contributed by atoms with Gasteiger partial charge in [-0.3, -0.25) is 9.59 Å². The number of nitrogens with zero attached hydrogens (tertiary/aromatic N) is 1. The average molecular weight is 205 g/mol. The third-order valence-electron chi connectivity index (χ3n) is 3.01. The molecule has 1 aliphatic rings. The fourth-order valence-electron chi connectivity index (χ4n) is 2.09. The maximum absolute atomic E-state index is 11.7. The van der Waals surface area contributed by atoms with Crippen LogP contribution >= 0.6 is 0 Å². The fraction of sp³-hybridized carbons (Fsp3) is 0.500. The van der Waals surface area contributed by atoms with E-state index in [1.807, 2.05) is 19.2 Å². The number of Topliss-reactive ketones (excluding diaryl/α,β-unsaturated/α-hetero) is 1. The van der Waals surface area contributed by atoms with E-state index in [1.165, 1.54) is 0 Å². The molecule has 1 saturated carbocycles. The van der Waals surface area contributed by atoms with Crippen LogP contribution in [-0.4, -0.2) is 10.4 Å². The van der Waals surface area contributed by atoms with Gasteiger partial charge in [0.2, 0.25) is 0 Å². The van der Waals surface area contributed by atoms with Crippen LogP contribution in [0.1, 0.15) is 37.3 Å². The molecule has 80 valence electrons. The Bertz CT molecular complexity index is 423. The van der Waals surface area contributed by atoms with E-state index in [2.05, 4.69) is 0 Å². The number of pyridine rings is 1. The molecule has 1 fully saturated rings. The van der Waals surface area contributed by atoms with Gasteiger partial charge in [0, 0.05) is 31.1 Å². The Labute approximate surface area is 88.7 Å². The smallest absolute Gasteiger partial charge is 0.251 e. The first-order valence-corrected chi connectivity index (χ1v) is 5.37. The van der Waals surface area contributed by atoms with Gasteiger partial charge < -0.3 is 4.57 Å². The summed E-state index contributed by atoms with van der Waals surface area (Å²) in [7, 11) is 0. The summed E-state index contributed by atoms with van der Waals surface area (Å²) in [5.41, 5.74) is 1.04. The maximum atomic E-state index is 11.7. The summed E-state index contributed by atoms with van der Waals surface area (Å²) in [5, 5.41) is 0. The lowest BCUT2D eigenvalue weighted by Gasteiger charge is -2.23. The van der Waals surface area contributed by atoms with Crippen LogP contribution in [0.15, 0.2) is 23.1 Å². The number of aryl methyl sites for hydroxylation is 1. The summed E-state index contributed by atoms with van der Waals surface area (Å²) >= 11 is 0. The Balaban J connectivity index is 2.23. The van der Waals surface area contributed by atoms with E-state index in [-0.39, 0.29) is 11.6 Å². The third kappa shape index (κ3) is 2.17. The van der Waals surface area contributed by atoms with Crippen LogP contribution in [0.5, 0.6) is 0 Å². The molecular formula is C12H15NO2. The van der Waals surface area contributed by atoms with Crippen LogP contribution in [-0.2, 0) is 4.79 Å². The van der Waals surface area contributed by atoms with Crippen molar-refractivity contribution < 1.29 is 4.79 Å². The molecule has 1 aromatic heterocycles. The topological polar surface area (TPSA) is 39.1 Å². The molecular weight excluding hydrogens is 190 g/mol. The van der Waals surface area contributed by atoms with Crippen LogP contribution in [0.3, 0.4) is 0 Å². The molecule has 1 aliphatic carbocycles. The minimum absolute atomic E-state index is 0.0503. The van der Waals surface area contributed by atoms with E-state index < -0.39 is 0 Å². The summed E-state index contributed by atoms with van der Waals surface area (Å²) in [6.07, 6.45) is 4.69. The molecule has 0 N–H and O–H groups in total. The zero-order valence-corrected chi connectivity index (χ0v) is 8.90. The zero-order chi connectivity index (χ0) is 10.8. The number of hydrogen-bond acceptors (Lipinski definition) is 2. The Kier molecular flexibility index (Phi) is 2.71. The van der Waals surface area contributed by atoms with Crippen molar-refractivity contribution in [1.82, 2.24) is 4.57 Å². The van der Waals surface area contributed by atoms with Gasteiger partial charge in [-0.05, 0) is 31.4 Å². The summed E-state index contributed by atoms with van der Waals surface area (Å²) in [5.74, 6) is 0.325. The first-order chi connectivity index (χ1) is 7.16. The van der Waals surface area contributed by atoms with Crippen LogP contribution in [0.2, 0.25) is 0 Å². The first-order valence-electron chi connectivity index (χ1n) is 5.37. The van der Waals surface area contributed by atoms with E-state index in [4.69, 9.17) is 0 Å². The lowest BCUT2D eigenvalue weighted by molar-refractivity contribution is -0.120. The van der Waals surface area contributed by atoms with Gasteiger partial charge in [-0.1, -0.05) is 0 Å². The molecule has 2 rings (SSSR count). The van der Waals surface area contributed by atoms with Gasteiger partial charge in [-0.2, -0.15) is 0 Å². The van der Waals surface area contributed by atoms with Crippen molar-refractivity contribution in [3.05, 3.63) is 34.2 Å². The monoisotopic (exact) mass is 205 g/mol. The van der Waals surface area contributed by atoms with Gasteiger partial charge in [0.05, 0.1) is 0 Å². The van der Waals surface area contributed by atoms with Crippen LogP contribution < -0.4 is 5.56 Å². The summed E-state index contributed by atoms with van der Waals surface area (Å²) < 4.78 is 1.76. The molecule has 0 saturated heterocycles. The fourth-order valence-corrected chi connectivity index (χ4v) is 2.09. The standard InChI is InChI=1S/C12H15NO2/c1-9-6-7-13(12(15)8-9)10-2-4-11(14)5-3-10/h6-8,10H,2-5H2,1H3. The number of rotatable bonds is 1. The highest BCUT2D eigenvalue weighted by atomic mass is 16.1. The van der Waals surface area contributed by atoms with Crippen molar-refractivity contribution in [1.29, 1.82) is 0 Å². The molecule has 0 amide bonds. The Morgan fingerprint density at radius 3 is 2.53 bits per heavy atom. The molecule has 0 spiro atoms. The molecule has 1 aromatic rings. The highest BCUT2D eigenvalue weighted by Gasteiger charge is 2.20. The molecule has 0 aromatic carbocycles. The average Bonchev–Trinajstić information content (AvgIpc) is 2.20. The second-order valence-corrected chi connectivity index (χ2v) is 4.22. The molecule has 0 unspecified atom stereocenters. The first kappa shape index (κ1) is 10.1. The largest absolute Gasteiger partial charge is 0.312 e. The van der Waals surface area contributed by atoms with E-state index >= 15 is 0 Å². The van der Waals surface area contributed by atoms with Crippen LogP contribution in [0.4, 0.5) is 0 Å². The Morgan fingerprint density at radius 1 is 1.27 bits per heavy atom. The van der Waals surface area contributed by atoms with Crippen LogP contribution in [0.25, 0.3) is 0 Å². The predicted octanol–water partition coefficient (Wildman–Crippen LogP) is 1.84. The minimum Gasteiger partial charge on any atom is -0.312 e. The van der Waals surface area contributed by atoms with Crippen molar-refractivity contribution >= 4 is 5.78 Å². The molecule has 0 aliphatic heterocycles. The zero-order valence-electron chi connectivity index (χ0n) is 8.90. The van der Waals surface area contributed by atoms with Crippen molar-refractivity contribution in [2.24, 2.45) is 0 Å². The second kappa shape index (κ2) is 4.01. The number of aromatic nitrogens is 1. The van der Waals surface area contributed by atoms with Gasteiger partial charge in [0.1, 0.15) is 5.78 Å². The Hall–Kier alpha value is -1.38. The van der Waals surface area contributed by atoms with Gasteiger partial charge in [0.15, 0.2) is 0 Å². The number of hydrogen-bond donors (Lipinski definition) is 0. The van der Waals surface area contributed by atoms with Crippen LogP contribution in [0, 0.1) is 6.92 Å². The second-order valence-electron chi connectivity index (χ2n) is 4.22. The van der Waals surface area contributed by atoms with Crippen molar-refractivity contribution in [3.8, 4) is 0 Å². The highest BCUT2D eigenvalue weighted by Crippen LogP contribution is 2.24. The molecule has 15 heavy (non-hydrogen) atoms. The summed E-state index contributed by atoms with van der Waals surface area (Å²) in [4.78, 5) is 22.8. The molecule has 0 radical (unpaired) electrons. The van der Waals surface area contributed by atoms with Gasteiger partial charge in [-0.15, -0.1) is 0 Å². The van der Waals surface area contributed by atoms with Gasteiger partial charge in [0.25, 0.3) is 5.56 Å². The SMILES string of the molecule is Cc1ccn(C2CCC(=O)CC2)c(=O)c1. The van der Waals surface area contributed by atoms with Crippen molar-refractivity contribution in [2.45, 2.75) is 38.6 Å². The normalized spacial score (nSPS) is 18.1. The number of carbonyl (C=O) groups is 1. The van der Waals surface area contributed by atoms with E-state index in [1.54, 1.807) is 10.6 Å². The number of carbonyl (C=O) groups excluding carboxylic acids is 1. The van der Waals surface area contributed by atoms with Crippen molar-refractivity contribution in [3.63, 3.8) is 0 Å². The van der Waals surface area contributed by atoms with E-state index in [0.29, 0.717) is 18.6 Å². The van der Waals surface area contributed by atoms with E-state index in [0.717, 1.165) is 18.4 Å². The molecule has 3 heteroatoms. The summed E-state index contributed by atoms with van der Waals surface area (Å²) in [6, 6.07) is 3.81. The molecule has 0 atom stereocenters. The summed E-state index contributed by atoms with van der Waals surface area (Å²) in [6.45, 7) is 1.91. The van der Waals surface area contributed by atoms with E-state index in [9.17, 15) is 9.59 Å². The minimum atomic E-state index is 0.0503. The van der Waals surface area contributed by atoms with Gasteiger partial charge >= 0.3 is 0 Å². The maximum Gasteiger partial charge on any atom is 0.251 e.